The number of esters is 1. The van der Waals surface area contributed by atoms with Gasteiger partial charge in [0.1, 0.15) is 23.6 Å². The Morgan fingerprint density at radius 1 is 1.31 bits per heavy atom. The molecule has 3 rings (SSSR count). The average molecular weight is 366 g/mol. The van der Waals surface area contributed by atoms with Gasteiger partial charge in [0.2, 0.25) is 0 Å². The Bertz CT molecular complexity index is 665. The van der Waals surface area contributed by atoms with E-state index in [9.17, 15) is 14.7 Å². The Balaban J connectivity index is 2.18. The first-order valence-corrected chi connectivity index (χ1v) is 9.35. The minimum atomic E-state index is -1.37. The molecule has 0 spiro atoms. The standard InChI is InChI=1S/C20H30O6/c1-11-10-24-18(4,5)26-17-16(11)15(25-13(3)21)9-19(6)8-7-14(22)12(2)20(17,19)23/h12,15,17,23H,7-10H2,1-6H3/t12?,15-,17+,19?,20+/m1/s1. The van der Waals surface area contributed by atoms with Crippen molar-refractivity contribution in [1.82, 2.24) is 0 Å². The summed E-state index contributed by atoms with van der Waals surface area (Å²) in [6.07, 6.45) is 0.172. The topological polar surface area (TPSA) is 82.1 Å². The molecule has 0 aromatic carbocycles. The molecule has 26 heavy (non-hydrogen) atoms. The van der Waals surface area contributed by atoms with Crippen LogP contribution >= 0.6 is 0 Å². The van der Waals surface area contributed by atoms with Crippen LogP contribution in [-0.2, 0) is 23.8 Å². The van der Waals surface area contributed by atoms with Crippen LogP contribution in [0.5, 0.6) is 0 Å². The SMILES string of the molecule is CC(=O)O[C@@H]1CC2(C)CCC(=O)C(C)[C@]2(O)[C@H]2OC(C)(C)OCC(C)=C12. The summed E-state index contributed by atoms with van der Waals surface area (Å²) in [5.74, 6) is -1.82. The fraction of sp³-hybridized carbons (Fsp3) is 0.800. The summed E-state index contributed by atoms with van der Waals surface area (Å²) >= 11 is 0. The van der Waals surface area contributed by atoms with Gasteiger partial charge in [0.05, 0.1) is 6.61 Å². The van der Waals surface area contributed by atoms with Gasteiger partial charge in [-0.1, -0.05) is 13.8 Å². The Morgan fingerprint density at radius 2 is 1.96 bits per heavy atom. The third-order valence-corrected chi connectivity index (χ3v) is 6.54. The molecule has 6 nitrogen and oxygen atoms in total. The van der Waals surface area contributed by atoms with Crippen molar-refractivity contribution in [2.75, 3.05) is 6.61 Å². The molecule has 6 heteroatoms. The van der Waals surface area contributed by atoms with E-state index in [2.05, 4.69) is 0 Å². The van der Waals surface area contributed by atoms with Crippen LogP contribution in [0.1, 0.15) is 60.8 Å². The maximum absolute atomic E-state index is 12.5. The van der Waals surface area contributed by atoms with Crippen LogP contribution in [-0.4, -0.2) is 47.1 Å². The van der Waals surface area contributed by atoms with E-state index in [0.717, 1.165) is 11.1 Å². The second kappa shape index (κ2) is 6.14. The second-order valence-electron chi connectivity index (χ2n) is 8.80. The third-order valence-electron chi connectivity index (χ3n) is 6.54. The lowest BCUT2D eigenvalue weighted by molar-refractivity contribution is -0.292. The lowest BCUT2D eigenvalue weighted by Gasteiger charge is -2.60. The molecule has 0 amide bonds. The van der Waals surface area contributed by atoms with E-state index in [1.54, 1.807) is 20.8 Å². The smallest absolute Gasteiger partial charge is 0.303 e. The van der Waals surface area contributed by atoms with Gasteiger partial charge < -0.3 is 19.3 Å². The van der Waals surface area contributed by atoms with Gasteiger partial charge in [-0.15, -0.1) is 0 Å². The normalized spacial score (nSPS) is 42.6. The zero-order chi connectivity index (χ0) is 19.5. The summed E-state index contributed by atoms with van der Waals surface area (Å²) in [6, 6.07) is 0. The number of Topliss-reactive ketones (excluding diaryl/α,β-unsaturated/α-hetero) is 1. The van der Waals surface area contributed by atoms with Crippen LogP contribution in [0, 0.1) is 11.3 Å². The van der Waals surface area contributed by atoms with Crippen LogP contribution in [0.4, 0.5) is 0 Å². The largest absolute Gasteiger partial charge is 0.458 e. The maximum Gasteiger partial charge on any atom is 0.303 e. The predicted octanol–water partition coefficient (Wildman–Crippen LogP) is 2.53. The first-order chi connectivity index (χ1) is 11.9. The van der Waals surface area contributed by atoms with Gasteiger partial charge in [-0.3, -0.25) is 9.59 Å². The molecular weight excluding hydrogens is 336 g/mol. The summed E-state index contributed by atoms with van der Waals surface area (Å²) in [7, 11) is 0. The van der Waals surface area contributed by atoms with Crippen molar-refractivity contribution in [2.24, 2.45) is 11.3 Å². The summed E-state index contributed by atoms with van der Waals surface area (Å²) in [6.45, 7) is 11.0. The van der Waals surface area contributed by atoms with Crippen molar-refractivity contribution in [3.63, 3.8) is 0 Å². The highest BCUT2D eigenvalue weighted by Gasteiger charge is 2.66. The number of ketones is 1. The Hall–Kier alpha value is -1.24. The van der Waals surface area contributed by atoms with Crippen molar-refractivity contribution < 1.29 is 28.9 Å². The summed E-state index contributed by atoms with van der Waals surface area (Å²) in [5, 5.41) is 11.9. The molecule has 5 atom stereocenters. The van der Waals surface area contributed by atoms with Gasteiger partial charge in [0.25, 0.3) is 0 Å². The molecule has 1 N–H and O–H groups in total. The van der Waals surface area contributed by atoms with Gasteiger partial charge in [-0.2, -0.15) is 0 Å². The van der Waals surface area contributed by atoms with Gasteiger partial charge in [-0.25, -0.2) is 0 Å². The van der Waals surface area contributed by atoms with Crippen LogP contribution in [0.25, 0.3) is 0 Å². The minimum absolute atomic E-state index is 0.0412. The van der Waals surface area contributed by atoms with Gasteiger partial charge in [0.15, 0.2) is 5.79 Å². The minimum Gasteiger partial charge on any atom is -0.458 e. The Labute approximate surface area is 154 Å². The van der Waals surface area contributed by atoms with E-state index in [0.29, 0.717) is 25.9 Å². The lowest BCUT2D eigenvalue weighted by Crippen LogP contribution is -2.69. The van der Waals surface area contributed by atoms with E-state index in [1.165, 1.54) is 6.92 Å². The van der Waals surface area contributed by atoms with Gasteiger partial charge in [-0.05, 0) is 39.2 Å². The van der Waals surface area contributed by atoms with E-state index in [-0.39, 0.29) is 11.8 Å². The van der Waals surface area contributed by atoms with E-state index in [4.69, 9.17) is 14.2 Å². The number of rotatable bonds is 1. The first-order valence-electron chi connectivity index (χ1n) is 9.35. The summed E-state index contributed by atoms with van der Waals surface area (Å²) in [5.41, 5.74) is -0.351. The Kier molecular flexibility index (Phi) is 4.61. The van der Waals surface area contributed by atoms with Crippen LogP contribution in [0.15, 0.2) is 11.1 Å². The number of hydrogen-bond donors (Lipinski definition) is 1. The maximum atomic E-state index is 12.5. The van der Waals surface area contributed by atoms with Crippen molar-refractivity contribution in [3.8, 4) is 0 Å². The van der Waals surface area contributed by atoms with E-state index >= 15 is 0 Å². The Morgan fingerprint density at radius 3 is 2.58 bits per heavy atom. The summed E-state index contributed by atoms with van der Waals surface area (Å²) in [4.78, 5) is 24.2. The number of carbonyl (C=O) groups excluding carboxylic acids is 2. The van der Waals surface area contributed by atoms with Crippen LogP contribution in [0.2, 0.25) is 0 Å². The molecule has 1 heterocycles. The van der Waals surface area contributed by atoms with Gasteiger partial charge in [0, 0.05) is 30.3 Å². The molecule has 2 saturated carbocycles. The molecule has 2 unspecified atom stereocenters. The fourth-order valence-corrected chi connectivity index (χ4v) is 4.96. The quantitative estimate of drug-likeness (QED) is 0.567. The molecule has 3 aliphatic rings. The van der Waals surface area contributed by atoms with Gasteiger partial charge >= 0.3 is 5.97 Å². The average Bonchev–Trinajstić information content (AvgIpc) is 2.64. The first kappa shape index (κ1) is 19.5. The molecule has 0 saturated heterocycles. The van der Waals surface area contributed by atoms with Crippen molar-refractivity contribution in [2.45, 2.75) is 84.4 Å². The van der Waals surface area contributed by atoms with Crippen LogP contribution in [0.3, 0.4) is 0 Å². The fourth-order valence-electron chi connectivity index (χ4n) is 4.96. The van der Waals surface area contributed by atoms with Crippen LogP contribution < -0.4 is 0 Å². The second-order valence-corrected chi connectivity index (χ2v) is 8.80. The third kappa shape index (κ3) is 2.83. The monoisotopic (exact) mass is 366 g/mol. The zero-order valence-corrected chi connectivity index (χ0v) is 16.5. The lowest BCUT2D eigenvalue weighted by atomic mass is 9.50. The number of aliphatic hydroxyl groups is 1. The van der Waals surface area contributed by atoms with E-state index in [1.807, 2.05) is 13.8 Å². The molecule has 146 valence electrons. The molecule has 1 aliphatic heterocycles. The van der Waals surface area contributed by atoms with Crippen molar-refractivity contribution in [1.29, 1.82) is 0 Å². The molecule has 2 aliphatic carbocycles. The molecule has 0 aromatic heterocycles. The number of ether oxygens (including phenoxy) is 3. The highest BCUT2D eigenvalue weighted by atomic mass is 16.7. The summed E-state index contributed by atoms with van der Waals surface area (Å²) < 4.78 is 17.8. The van der Waals surface area contributed by atoms with Crippen molar-refractivity contribution >= 4 is 11.8 Å². The molecule has 0 radical (unpaired) electrons. The molecule has 2 fully saturated rings. The molecule has 0 bridgehead atoms. The highest BCUT2D eigenvalue weighted by molar-refractivity contribution is 5.83. The van der Waals surface area contributed by atoms with E-state index < -0.39 is 34.9 Å². The van der Waals surface area contributed by atoms with Crippen molar-refractivity contribution in [3.05, 3.63) is 11.1 Å². The molecular formula is C20H30O6. The zero-order valence-electron chi connectivity index (χ0n) is 16.5. The molecule has 0 aromatic rings. The number of hydrogen-bond acceptors (Lipinski definition) is 6. The number of fused-ring (bicyclic) bond motifs is 3. The predicted molar refractivity (Wildman–Crippen MR) is 94.2 cm³/mol. The number of carbonyl (C=O) groups is 2. The highest BCUT2D eigenvalue weighted by Crippen LogP contribution is 2.58.